The van der Waals surface area contributed by atoms with Crippen LogP contribution in [-0.4, -0.2) is 73.4 Å². The summed E-state index contributed by atoms with van der Waals surface area (Å²) in [5.41, 5.74) is -0.543. The molecular weight excluding hydrogens is 532 g/mol. The van der Waals surface area contributed by atoms with Gasteiger partial charge in [0.1, 0.15) is 5.82 Å². The van der Waals surface area contributed by atoms with Crippen molar-refractivity contribution in [1.82, 2.24) is 14.7 Å². The van der Waals surface area contributed by atoms with Gasteiger partial charge in [-0.2, -0.15) is 0 Å². The Hall–Kier alpha value is -2.80. The van der Waals surface area contributed by atoms with E-state index in [0.717, 1.165) is 52.0 Å². The van der Waals surface area contributed by atoms with E-state index in [1.54, 1.807) is 32.9 Å². The first-order valence-corrected chi connectivity index (χ1v) is 15.2. The van der Waals surface area contributed by atoms with E-state index in [1.165, 1.54) is 18.3 Å². The molecule has 0 bridgehead atoms. The standard InChI is InChI=1S/C28H42N6O5S/c1-26(2,3)33-40(37,38)21-8-6-7-20(17-21)30-25(36)23-24(31-22(18-29-23)32-27(4,5)19-35)34-13-9-28(10-14-34)11-15-39-16-12-28/h6-8,17-18,33,35H,9-16,19H2,1-5H3,(H,30,36)(H,31,32). The van der Waals surface area contributed by atoms with Gasteiger partial charge in [-0.1, -0.05) is 6.07 Å². The van der Waals surface area contributed by atoms with Crippen LogP contribution in [0.5, 0.6) is 0 Å². The number of hydrogen-bond donors (Lipinski definition) is 4. The molecule has 1 amide bonds. The quantitative estimate of drug-likeness (QED) is 0.373. The van der Waals surface area contributed by atoms with Crippen LogP contribution >= 0.6 is 0 Å². The highest BCUT2D eigenvalue weighted by Crippen LogP contribution is 2.41. The molecule has 220 valence electrons. The maximum atomic E-state index is 13.5. The van der Waals surface area contributed by atoms with Crippen LogP contribution in [0.3, 0.4) is 0 Å². The second kappa shape index (κ2) is 11.6. The van der Waals surface area contributed by atoms with Crippen LogP contribution in [0.25, 0.3) is 0 Å². The Kier molecular flexibility index (Phi) is 8.74. The second-order valence-electron chi connectivity index (χ2n) is 12.5. The molecule has 4 N–H and O–H groups in total. The molecule has 0 radical (unpaired) electrons. The number of carbonyl (C=O) groups is 1. The summed E-state index contributed by atoms with van der Waals surface area (Å²) in [6.45, 7) is 11.9. The van der Waals surface area contributed by atoms with Crippen molar-refractivity contribution < 1.29 is 23.1 Å². The molecule has 12 heteroatoms. The summed E-state index contributed by atoms with van der Waals surface area (Å²) in [5.74, 6) is 0.426. The highest BCUT2D eigenvalue weighted by molar-refractivity contribution is 7.89. The van der Waals surface area contributed by atoms with Gasteiger partial charge >= 0.3 is 0 Å². The topological polar surface area (TPSA) is 146 Å². The Morgan fingerprint density at radius 3 is 2.40 bits per heavy atom. The molecule has 2 aromatic rings. The summed E-state index contributed by atoms with van der Waals surface area (Å²) in [7, 11) is -3.78. The van der Waals surface area contributed by atoms with E-state index in [4.69, 9.17) is 9.72 Å². The normalized spacial score (nSPS) is 18.0. The van der Waals surface area contributed by atoms with Gasteiger partial charge in [-0.05, 0) is 83.9 Å². The Bertz CT molecular complexity index is 1310. The van der Waals surface area contributed by atoms with Crippen LogP contribution in [0.4, 0.5) is 17.3 Å². The molecule has 4 rings (SSSR count). The minimum atomic E-state index is -3.78. The van der Waals surface area contributed by atoms with E-state index in [-0.39, 0.29) is 22.6 Å². The monoisotopic (exact) mass is 574 g/mol. The number of aliphatic hydroxyl groups excluding tert-OH is 1. The number of nitrogens with zero attached hydrogens (tertiary/aromatic N) is 3. The zero-order chi connectivity index (χ0) is 29.2. The zero-order valence-corrected chi connectivity index (χ0v) is 24.9. The molecule has 1 aromatic carbocycles. The Morgan fingerprint density at radius 1 is 1.10 bits per heavy atom. The molecule has 11 nitrogen and oxygen atoms in total. The van der Waals surface area contributed by atoms with E-state index in [0.29, 0.717) is 17.3 Å². The van der Waals surface area contributed by atoms with E-state index in [2.05, 4.69) is 25.2 Å². The lowest BCUT2D eigenvalue weighted by Gasteiger charge is -2.44. The summed E-state index contributed by atoms with van der Waals surface area (Å²) in [4.78, 5) is 24.9. The number of hydrogen-bond acceptors (Lipinski definition) is 9. The molecule has 3 heterocycles. The molecule has 2 fully saturated rings. The lowest BCUT2D eigenvalue weighted by atomic mass is 9.72. The van der Waals surface area contributed by atoms with Gasteiger partial charge in [-0.25, -0.2) is 23.1 Å². The fraction of sp³-hybridized carbons (Fsp3) is 0.607. The smallest absolute Gasteiger partial charge is 0.278 e. The van der Waals surface area contributed by atoms with Crippen LogP contribution < -0.4 is 20.3 Å². The van der Waals surface area contributed by atoms with Crippen molar-refractivity contribution in [2.45, 2.75) is 76.3 Å². The Balaban J connectivity index is 1.60. The molecule has 40 heavy (non-hydrogen) atoms. The average Bonchev–Trinajstić information content (AvgIpc) is 2.88. The van der Waals surface area contributed by atoms with Gasteiger partial charge in [0.25, 0.3) is 5.91 Å². The average molecular weight is 575 g/mol. The van der Waals surface area contributed by atoms with Gasteiger partial charge in [0.05, 0.1) is 23.2 Å². The number of piperidine rings is 1. The van der Waals surface area contributed by atoms with Crippen LogP contribution in [0.15, 0.2) is 35.4 Å². The number of nitrogens with one attached hydrogen (secondary N) is 3. The molecule has 2 aliphatic rings. The van der Waals surface area contributed by atoms with Gasteiger partial charge in [-0.15, -0.1) is 0 Å². The first-order chi connectivity index (χ1) is 18.7. The molecule has 0 atom stereocenters. The van der Waals surface area contributed by atoms with Crippen molar-refractivity contribution in [2.24, 2.45) is 5.41 Å². The highest BCUT2D eigenvalue weighted by Gasteiger charge is 2.37. The summed E-state index contributed by atoms with van der Waals surface area (Å²) in [5, 5.41) is 15.7. The summed E-state index contributed by atoms with van der Waals surface area (Å²) in [6, 6.07) is 6.13. The number of carbonyl (C=O) groups excluding carboxylic acids is 1. The fourth-order valence-corrected chi connectivity index (χ4v) is 6.56. The van der Waals surface area contributed by atoms with Gasteiger partial charge in [-0.3, -0.25) is 4.79 Å². The number of aliphatic hydroxyl groups is 1. The lowest BCUT2D eigenvalue weighted by molar-refractivity contribution is 0.00205. The fourth-order valence-electron chi connectivity index (χ4n) is 5.10. The third-order valence-electron chi connectivity index (χ3n) is 7.35. The van der Waals surface area contributed by atoms with Crippen molar-refractivity contribution in [3.05, 3.63) is 36.2 Å². The predicted octanol–water partition coefficient (Wildman–Crippen LogP) is 3.39. The minimum Gasteiger partial charge on any atom is -0.394 e. The maximum absolute atomic E-state index is 13.5. The third-order valence-corrected chi connectivity index (χ3v) is 9.11. The molecule has 0 aliphatic carbocycles. The Morgan fingerprint density at radius 2 is 1.77 bits per heavy atom. The molecule has 0 saturated carbocycles. The maximum Gasteiger partial charge on any atom is 0.278 e. The first kappa shape index (κ1) is 30.2. The number of amides is 1. The van der Waals surface area contributed by atoms with E-state index in [1.807, 2.05) is 13.8 Å². The van der Waals surface area contributed by atoms with Crippen LogP contribution in [0.1, 0.15) is 70.8 Å². The molecule has 2 saturated heterocycles. The van der Waals surface area contributed by atoms with E-state index < -0.39 is 27.0 Å². The molecule has 0 unspecified atom stereocenters. The van der Waals surface area contributed by atoms with E-state index >= 15 is 0 Å². The highest BCUT2D eigenvalue weighted by atomic mass is 32.2. The number of benzene rings is 1. The van der Waals surface area contributed by atoms with Crippen molar-refractivity contribution in [3.8, 4) is 0 Å². The SMILES string of the molecule is CC(C)(C)NS(=O)(=O)c1cccc(NC(=O)c2ncc(NC(C)(C)CO)nc2N2CCC3(CCOCC3)CC2)c1. The van der Waals surface area contributed by atoms with Gasteiger partial charge < -0.3 is 25.4 Å². The first-order valence-electron chi connectivity index (χ1n) is 13.8. The second-order valence-corrected chi connectivity index (χ2v) is 14.2. The molecule has 2 aliphatic heterocycles. The predicted molar refractivity (Wildman–Crippen MR) is 155 cm³/mol. The van der Waals surface area contributed by atoms with Crippen LogP contribution in [-0.2, 0) is 14.8 Å². The van der Waals surface area contributed by atoms with E-state index in [9.17, 15) is 18.3 Å². The third kappa shape index (κ3) is 7.48. The number of sulfonamides is 1. The molecule has 1 spiro atoms. The van der Waals surface area contributed by atoms with Crippen LogP contribution in [0.2, 0.25) is 0 Å². The van der Waals surface area contributed by atoms with Gasteiger partial charge in [0, 0.05) is 37.5 Å². The summed E-state index contributed by atoms with van der Waals surface area (Å²) >= 11 is 0. The molecular formula is C28H42N6O5S. The number of rotatable bonds is 8. The zero-order valence-electron chi connectivity index (χ0n) is 24.1. The van der Waals surface area contributed by atoms with Crippen molar-refractivity contribution in [1.29, 1.82) is 0 Å². The van der Waals surface area contributed by atoms with Crippen LogP contribution in [0, 0.1) is 5.41 Å². The lowest BCUT2D eigenvalue weighted by Crippen LogP contribution is -2.44. The number of ether oxygens (including phenoxy) is 1. The molecule has 1 aromatic heterocycles. The van der Waals surface area contributed by atoms with Gasteiger partial charge in [0.2, 0.25) is 10.0 Å². The Labute approximate surface area is 237 Å². The largest absolute Gasteiger partial charge is 0.394 e. The van der Waals surface area contributed by atoms with Gasteiger partial charge in [0.15, 0.2) is 11.5 Å². The number of aromatic nitrogens is 2. The number of anilines is 3. The summed E-state index contributed by atoms with van der Waals surface area (Å²) in [6.07, 6.45) is 5.50. The summed E-state index contributed by atoms with van der Waals surface area (Å²) < 4.78 is 33.9. The van der Waals surface area contributed by atoms with Crippen molar-refractivity contribution in [3.63, 3.8) is 0 Å². The van der Waals surface area contributed by atoms with Crippen molar-refractivity contribution >= 4 is 33.3 Å². The van der Waals surface area contributed by atoms with Crippen molar-refractivity contribution in [2.75, 3.05) is 48.4 Å². The minimum absolute atomic E-state index is 0.0510.